The molecule has 1 aromatic rings. The molecule has 0 radical (unpaired) electrons. The highest BCUT2D eigenvalue weighted by atomic mass is 127. The summed E-state index contributed by atoms with van der Waals surface area (Å²) in [4.78, 5) is 9.10. The molecule has 0 amide bonds. The fourth-order valence-corrected chi connectivity index (χ4v) is 2.72. The van der Waals surface area contributed by atoms with E-state index in [4.69, 9.17) is 5.73 Å². The Labute approximate surface area is 151 Å². The summed E-state index contributed by atoms with van der Waals surface area (Å²) in [7, 11) is 4.22. The van der Waals surface area contributed by atoms with Gasteiger partial charge in [-0.1, -0.05) is 30.3 Å². The lowest BCUT2D eigenvalue weighted by atomic mass is 10.1. The molecule has 1 aliphatic rings. The van der Waals surface area contributed by atoms with Crippen LogP contribution in [0.4, 0.5) is 0 Å². The van der Waals surface area contributed by atoms with Crippen LogP contribution in [-0.4, -0.2) is 55.5 Å². The largest absolute Gasteiger partial charge is 0.370 e. The SMILES string of the molecule is CN(C)C(CN=C(N)N1CCCCC1)Cc1ccccc1.I. The zero-order valence-electron chi connectivity index (χ0n) is 13.7. The summed E-state index contributed by atoms with van der Waals surface area (Å²) < 4.78 is 0. The topological polar surface area (TPSA) is 44.9 Å². The third kappa shape index (κ3) is 6.12. The summed E-state index contributed by atoms with van der Waals surface area (Å²) in [6.45, 7) is 2.87. The highest BCUT2D eigenvalue weighted by Crippen LogP contribution is 2.10. The van der Waals surface area contributed by atoms with Gasteiger partial charge in [-0.25, -0.2) is 0 Å². The number of hydrogen-bond donors (Lipinski definition) is 1. The van der Waals surface area contributed by atoms with E-state index in [1.165, 1.54) is 24.8 Å². The van der Waals surface area contributed by atoms with Crippen molar-refractivity contribution in [3.05, 3.63) is 35.9 Å². The minimum Gasteiger partial charge on any atom is -0.370 e. The van der Waals surface area contributed by atoms with E-state index in [2.05, 4.69) is 59.2 Å². The predicted molar refractivity (Wildman–Crippen MR) is 105 cm³/mol. The molecule has 22 heavy (non-hydrogen) atoms. The van der Waals surface area contributed by atoms with E-state index in [0.717, 1.165) is 32.0 Å². The second-order valence-corrected chi connectivity index (χ2v) is 6.05. The first-order chi connectivity index (χ1) is 10.2. The third-order valence-electron chi connectivity index (χ3n) is 4.19. The number of nitrogens with zero attached hydrogens (tertiary/aromatic N) is 3. The van der Waals surface area contributed by atoms with Crippen molar-refractivity contribution in [3.8, 4) is 0 Å². The molecule has 0 aromatic heterocycles. The normalized spacial score (nSPS) is 17.2. The van der Waals surface area contributed by atoms with E-state index in [1.54, 1.807) is 0 Å². The van der Waals surface area contributed by atoms with Crippen molar-refractivity contribution < 1.29 is 0 Å². The van der Waals surface area contributed by atoms with Gasteiger partial charge in [-0.2, -0.15) is 0 Å². The number of likely N-dealkylation sites (tertiary alicyclic amines) is 1. The number of benzene rings is 1. The molecule has 1 saturated heterocycles. The van der Waals surface area contributed by atoms with Crippen molar-refractivity contribution in [3.63, 3.8) is 0 Å². The molecule has 1 atom stereocenters. The van der Waals surface area contributed by atoms with Crippen LogP contribution in [0.15, 0.2) is 35.3 Å². The molecule has 0 spiro atoms. The lowest BCUT2D eigenvalue weighted by molar-refractivity contribution is 0.294. The molecular formula is C17H29IN4. The average Bonchev–Trinajstić information content (AvgIpc) is 2.52. The maximum absolute atomic E-state index is 6.15. The van der Waals surface area contributed by atoms with Crippen LogP contribution in [0.5, 0.6) is 0 Å². The summed E-state index contributed by atoms with van der Waals surface area (Å²) >= 11 is 0. The molecule has 2 N–H and O–H groups in total. The lowest BCUT2D eigenvalue weighted by Gasteiger charge is -2.28. The van der Waals surface area contributed by atoms with Crippen molar-refractivity contribution in [2.45, 2.75) is 31.7 Å². The first-order valence-electron chi connectivity index (χ1n) is 7.92. The number of likely N-dealkylation sites (N-methyl/N-ethyl adjacent to an activating group) is 1. The first kappa shape index (κ1) is 19.2. The highest BCUT2D eigenvalue weighted by Gasteiger charge is 2.15. The average molecular weight is 416 g/mol. The van der Waals surface area contributed by atoms with Gasteiger partial charge in [-0.3, -0.25) is 4.99 Å². The molecule has 0 aliphatic carbocycles. The first-order valence-corrected chi connectivity index (χ1v) is 7.92. The Hall–Kier alpha value is -0.820. The molecule has 0 saturated carbocycles. The molecule has 1 unspecified atom stereocenters. The van der Waals surface area contributed by atoms with E-state index in [-0.39, 0.29) is 24.0 Å². The monoisotopic (exact) mass is 416 g/mol. The van der Waals surface area contributed by atoms with E-state index < -0.39 is 0 Å². The fraction of sp³-hybridized carbons (Fsp3) is 0.588. The summed E-state index contributed by atoms with van der Waals surface area (Å²) in [6, 6.07) is 11.0. The number of rotatable bonds is 5. The zero-order valence-corrected chi connectivity index (χ0v) is 16.1. The number of guanidine groups is 1. The van der Waals surface area contributed by atoms with Gasteiger partial charge in [-0.05, 0) is 45.3 Å². The molecular weight excluding hydrogens is 387 g/mol. The van der Waals surface area contributed by atoms with E-state index >= 15 is 0 Å². The molecule has 1 aromatic carbocycles. The van der Waals surface area contributed by atoms with Crippen LogP contribution >= 0.6 is 24.0 Å². The molecule has 4 nitrogen and oxygen atoms in total. The van der Waals surface area contributed by atoms with E-state index in [1.807, 2.05) is 0 Å². The quantitative estimate of drug-likeness (QED) is 0.456. The summed E-state index contributed by atoms with van der Waals surface area (Å²) in [5.74, 6) is 0.717. The molecule has 1 fully saturated rings. The number of piperidine rings is 1. The smallest absolute Gasteiger partial charge is 0.191 e. The Kier molecular flexibility index (Phi) is 8.78. The van der Waals surface area contributed by atoms with Crippen LogP contribution in [0.25, 0.3) is 0 Å². The molecule has 124 valence electrons. The molecule has 1 aliphatic heterocycles. The van der Waals surface area contributed by atoms with Crippen LogP contribution in [0.1, 0.15) is 24.8 Å². The van der Waals surface area contributed by atoms with E-state index in [9.17, 15) is 0 Å². The minimum atomic E-state index is 0. The van der Waals surface area contributed by atoms with Gasteiger partial charge in [0.2, 0.25) is 0 Å². The number of nitrogens with two attached hydrogens (primary N) is 1. The van der Waals surface area contributed by atoms with Gasteiger partial charge in [-0.15, -0.1) is 24.0 Å². The highest BCUT2D eigenvalue weighted by molar-refractivity contribution is 14.0. The van der Waals surface area contributed by atoms with Crippen LogP contribution in [0.2, 0.25) is 0 Å². The van der Waals surface area contributed by atoms with Gasteiger partial charge >= 0.3 is 0 Å². The van der Waals surface area contributed by atoms with Gasteiger partial charge in [0.05, 0.1) is 6.54 Å². The van der Waals surface area contributed by atoms with Gasteiger partial charge in [0.25, 0.3) is 0 Å². The van der Waals surface area contributed by atoms with Crippen molar-refractivity contribution in [1.82, 2.24) is 9.80 Å². The third-order valence-corrected chi connectivity index (χ3v) is 4.19. The molecule has 1 heterocycles. The minimum absolute atomic E-state index is 0. The summed E-state index contributed by atoms with van der Waals surface area (Å²) in [5.41, 5.74) is 7.50. The maximum Gasteiger partial charge on any atom is 0.191 e. The summed E-state index contributed by atoms with van der Waals surface area (Å²) in [5, 5.41) is 0. The van der Waals surface area contributed by atoms with Crippen molar-refractivity contribution in [2.75, 3.05) is 33.7 Å². The Balaban J connectivity index is 0.00000242. The standard InChI is InChI=1S/C17H28N4.HI/c1-20(2)16(13-15-9-5-3-6-10-15)14-19-17(18)21-11-7-4-8-12-21;/h3,5-6,9-10,16H,4,7-8,11-14H2,1-2H3,(H2,18,19);1H. The second kappa shape index (κ2) is 10.0. The zero-order chi connectivity index (χ0) is 15.1. The van der Waals surface area contributed by atoms with Gasteiger partial charge in [0.1, 0.15) is 0 Å². The van der Waals surface area contributed by atoms with Crippen molar-refractivity contribution in [2.24, 2.45) is 10.7 Å². The van der Waals surface area contributed by atoms with Crippen molar-refractivity contribution in [1.29, 1.82) is 0 Å². The van der Waals surface area contributed by atoms with Crippen LogP contribution in [0, 0.1) is 0 Å². The van der Waals surface area contributed by atoms with Gasteiger partial charge in [0, 0.05) is 19.1 Å². The number of aliphatic imine (C=N–C) groups is 1. The van der Waals surface area contributed by atoms with Crippen molar-refractivity contribution >= 4 is 29.9 Å². The van der Waals surface area contributed by atoms with Crippen LogP contribution in [-0.2, 0) is 6.42 Å². The van der Waals surface area contributed by atoms with Crippen LogP contribution < -0.4 is 5.73 Å². The molecule has 2 rings (SSSR count). The van der Waals surface area contributed by atoms with Crippen LogP contribution in [0.3, 0.4) is 0 Å². The maximum atomic E-state index is 6.15. The number of hydrogen-bond acceptors (Lipinski definition) is 2. The second-order valence-electron chi connectivity index (χ2n) is 6.05. The Morgan fingerprint density at radius 1 is 1.18 bits per heavy atom. The predicted octanol–water partition coefficient (Wildman–Crippen LogP) is 2.58. The fourth-order valence-electron chi connectivity index (χ4n) is 2.72. The summed E-state index contributed by atoms with van der Waals surface area (Å²) in [6.07, 6.45) is 4.79. The molecule has 0 bridgehead atoms. The Morgan fingerprint density at radius 2 is 1.82 bits per heavy atom. The lowest BCUT2D eigenvalue weighted by Crippen LogP contribution is -2.42. The Bertz CT molecular complexity index is 441. The molecule has 5 heteroatoms. The van der Waals surface area contributed by atoms with Gasteiger partial charge < -0.3 is 15.5 Å². The number of halogens is 1. The Morgan fingerprint density at radius 3 is 2.41 bits per heavy atom. The van der Waals surface area contributed by atoms with Gasteiger partial charge in [0.15, 0.2) is 5.96 Å². The van der Waals surface area contributed by atoms with E-state index in [0.29, 0.717) is 6.04 Å².